The smallest absolute Gasteiger partial charge is 0.125 e. The predicted molar refractivity (Wildman–Crippen MR) is 81.1 cm³/mol. The van der Waals surface area contributed by atoms with E-state index in [1.165, 1.54) is 54.6 Å². The van der Waals surface area contributed by atoms with Crippen molar-refractivity contribution >= 4 is 0 Å². The van der Waals surface area contributed by atoms with E-state index in [4.69, 9.17) is 4.74 Å². The van der Waals surface area contributed by atoms with Gasteiger partial charge in [0.2, 0.25) is 0 Å². The van der Waals surface area contributed by atoms with Crippen molar-refractivity contribution in [2.24, 2.45) is 5.92 Å². The van der Waals surface area contributed by atoms with Gasteiger partial charge in [0.05, 0.1) is 7.11 Å². The molecule has 1 aliphatic rings. The zero-order valence-corrected chi connectivity index (χ0v) is 12.8. The molecule has 1 heterocycles. The topological polar surface area (TPSA) is 21.3 Å². The zero-order valence-electron chi connectivity index (χ0n) is 12.8. The van der Waals surface area contributed by atoms with E-state index < -0.39 is 0 Å². The molecule has 2 heteroatoms. The van der Waals surface area contributed by atoms with Crippen LogP contribution in [0.3, 0.4) is 0 Å². The number of piperidine rings is 1. The molecular formula is C17H27NO. The Kier molecular flexibility index (Phi) is 4.87. The van der Waals surface area contributed by atoms with Crippen LogP contribution in [0.1, 0.15) is 41.5 Å². The Hall–Kier alpha value is -1.02. The average molecular weight is 261 g/mol. The Labute approximate surface area is 117 Å². The minimum Gasteiger partial charge on any atom is -0.496 e. The summed E-state index contributed by atoms with van der Waals surface area (Å²) in [6.45, 7) is 8.93. The molecule has 1 aliphatic heterocycles. The van der Waals surface area contributed by atoms with Crippen molar-refractivity contribution in [3.05, 3.63) is 28.3 Å². The highest BCUT2D eigenvalue weighted by atomic mass is 16.5. The van der Waals surface area contributed by atoms with Gasteiger partial charge in [0, 0.05) is 0 Å². The van der Waals surface area contributed by atoms with Crippen LogP contribution >= 0.6 is 0 Å². The Bertz CT molecular complexity index is 433. The van der Waals surface area contributed by atoms with Crippen LogP contribution in [-0.4, -0.2) is 20.2 Å². The van der Waals surface area contributed by atoms with Gasteiger partial charge in [0.1, 0.15) is 5.75 Å². The lowest BCUT2D eigenvalue weighted by atomic mass is 9.88. The lowest BCUT2D eigenvalue weighted by Gasteiger charge is -2.24. The predicted octanol–water partition coefficient (Wildman–Crippen LogP) is 3.55. The van der Waals surface area contributed by atoms with Crippen molar-refractivity contribution in [1.82, 2.24) is 5.32 Å². The second-order valence-corrected chi connectivity index (χ2v) is 5.88. The monoisotopic (exact) mass is 261 g/mol. The number of methoxy groups -OCH3 is 1. The maximum atomic E-state index is 5.67. The van der Waals surface area contributed by atoms with Crippen molar-refractivity contribution in [2.45, 2.75) is 46.5 Å². The molecule has 19 heavy (non-hydrogen) atoms. The molecule has 0 atom stereocenters. The van der Waals surface area contributed by atoms with Crippen molar-refractivity contribution < 1.29 is 4.74 Å². The molecule has 1 aromatic rings. The van der Waals surface area contributed by atoms with Gasteiger partial charge in [-0.1, -0.05) is 6.07 Å². The first-order valence-corrected chi connectivity index (χ1v) is 7.48. The summed E-state index contributed by atoms with van der Waals surface area (Å²) < 4.78 is 5.67. The fraction of sp³-hybridized carbons (Fsp3) is 0.647. The maximum absolute atomic E-state index is 5.67. The molecule has 2 nitrogen and oxygen atoms in total. The summed E-state index contributed by atoms with van der Waals surface area (Å²) in [6.07, 6.45) is 5.10. The van der Waals surface area contributed by atoms with Crippen LogP contribution < -0.4 is 10.1 Å². The summed E-state index contributed by atoms with van der Waals surface area (Å²) in [5.74, 6) is 2.00. The van der Waals surface area contributed by atoms with E-state index in [0.29, 0.717) is 0 Å². The molecule has 0 spiro atoms. The van der Waals surface area contributed by atoms with Crippen LogP contribution in [-0.2, 0) is 6.42 Å². The second kappa shape index (κ2) is 6.42. The lowest BCUT2D eigenvalue weighted by molar-refractivity contribution is 0.350. The van der Waals surface area contributed by atoms with E-state index in [-0.39, 0.29) is 0 Å². The first-order chi connectivity index (χ1) is 9.13. The number of aryl methyl sites for hydroxylation is 2. The van der Waals surface area contributed by atoms with Gasteiger partial charge in [-0.3, -0.25) is 0 Å². The van der Waals surface area contributed by atoms with Crippen molar-refractivity contribution in [3.63, 3.8) is 0 Å². The third-order valence-corrected chi connectivity index (χ3v) is 4.58. The van der Waals surface area contributed by atoms with Gasteiger partial charge in [-0.2, -0.15) is 0 Å². The number of nitrogens with one attached hydrogen (secondary N) is 1. The summed E-state index contributed by atoms with van der Waals surface area (Å²) in [6, 6.07) is 2.30. The molecule has 1 N–H and O–H groups in total. The molecule has 2 rings (SSSR count). The van der Waals surface area contributed by atoms with E-state index in [0.717, 1.165) is 18.1 Å². The van der Waals surface area contributed by atoms with E-state index in [2.05, 4.69) is 32.2 Å². The average Bonchev–Trinajstić information content (AvgIpc) is 2.42. The maximum Gasteiger partial charge on any atom is 0.125 e. The highest BCUT2D eigenvalue weighted by Crippen LogP contribution is 2.32. The summed E-state index contributed by atoms with van der Waals surface area (Å²) in [7, 11) is 1.80. The molecule has 0 bridgehead atoms. The van der Waals surface area contributed by atoms with Gasteiger partial charge in [-0.25, -0.2) is 0 Å². The van der Waals surface area contributed by atoms with Crippen LogP contribution in [0.25, 0.3) is 0 Å². The Morgan fingerprint density at radius 3 is 2.47 bits per heavy atom. The number of rotatable bonds is 4. The second-order valence-electron chi connectivity index (χ2n) is 5.88. The molecule has 0 saturated carbocycles. The molecule has 0 amide bonds. The first kappa shape index (κ1) is 14.4. The molecule has 0 aromatic heterocycles. The molecule has 1 fully saturated rings. The highest BCUT2D eigenvalue weighted by molar-refractivity contribution is 5.49. The Morgan fingerprint density at radius 2 is 1.84 bits per heavy atom. The zero-order chi connectivity index (χ0) is 13.8. The molecule has 1 aromatic carbocycles. The molecule has 106 valence electrons. The third kappa shape index (κ3) is 3.30. The quantitative estimate of drug-likeness (QED) is 0.895. The molecule has 1 saturated heterocycles. The third-order valence-electron chi connectivity index (χ3n) is 4.58. The van der Waals surface area contributed by atoms with Crippen molar-refractivity contribution in [3.8, 4) is 5.75 Å². The summed E-state index contributed by atoms with van der Waals surface area (Å²) >= 11 is 0. The Balaban J connectivity index is 2.12. The standard InChI is InChI=1S/C17H27NO/c1-12-11-13(2)16(17(19-4)14(12)3)6-5-15-7-9-18-10-8-15/h11,15,18H,5-10H2,1-4H3. The van der Waals surface area contributed by atoms with E-state index >= 15 is 0 Å². The van der Waals surface area contributed by atoms with Gasteiger partial charge in [0.15, 0.2) is 0 Å². The highest BCUT2D eigenvalue weighted by Gasteiger charge is 2.16. The number of ether oxygens (including phenoxy) is 1. The fourth-order valence-electron chi connectivity index (χ4n) is 3.21. The van der Waals surface area contributed by atoms with E-state index in [1.54, 1.807) is 7.11 Å². The van der Waals surface area contributed by atoms with Gasteiger partial charge >= 0.3 is 0 Å². The molecule has 0 aliphatic carbocycles. The van der Waals surface area contributed by atoms with Gasteiger partial charge in [-0.05, 0) is 87.7 Å². The fourth-order valence-corrected chi connectivity index (χ4v) is 3.21. The number of hydrogen-bond acceptors (Lipinski definition) is 2. The molecule has 0 radical (unpaired) electrons. The summed E-state index contributed by atoms with van der Waals surface area (Å²) in [5.41, 5.74) is 5.44. The van der Waals surface area contributed by atoms with E-state index in [1.807, 2.05) is 0 Å². The van der Waals surface area contributed by atoms with Crippen LogP contribution in [0.5, 0.6) is 5.75 Å². The number of hydrogen-bond donors (Lipinski definition) is 1. The minimum atomic E-state index is 0.881. The van der Waals surface area contributed by atoms with Crippen LogP contribution in [0.15, 0.2) is 6.07 Å². The SMILES string of the molecule is COc1c(C)c(C)cc(C)c1CCC1CCNCC1. The molecule has 0 unspecified atom stereocenters. The van der Waals surface area contributed by atoms with Crippen molar-refractivity contribution in [1.29, 1.82) is 0 Å². The van der Waals surface area contributed by atoms with E-state index in [9.17, 15) is 0 Å². The normalized spacial score (nSPS) is 16.6. The van der Waals surface area contributed by atoms with Crippen LogP contribution in [0, 0.1) is 26.7 Å². The van der Waals surface area contributed by atoms with Crippen molar-refractivity contribution in [2.75, 3.05) is 20.2 Å². The minimum absolute atomic E-state index is 0.881. The molecular weight excluding hydrogens is 234 g/mol. The first-order valence-electron chi connectivity index (χ1n) is 7.48. The summed E-state index contributed by atoms with van der Waals surface area (Å²) in [5, 5.41) is 3.44. The van der Waals surface area contributed by atoms with Gasteiger partial charge in [0.25, 0.3) is 0 Å². The summed E-state index contributed by atoms with van der Waals surface area (Å²) in [4.78, 5) is 0. The number of benzene rings is 1. The largest absolute Gasteiger partial charge is 0.496 e. The van der Waals surface area contributed by atoms with Crippen LogP contribution in [0.4, 0.5) is 0 Å². The Morgan fingerprint density at radius 1 is 1.16 bits per heavy atom. The van der Waals surface area contributed by atoms with Gasteiger partial charge < -0.3 is 10.1 Å². The van der Waals surface area contributed by atoms with Crippen LogP contribution in [0.2, 0.25) is 0 Å². The van der Waals surface area contributed by atoms with Gasteiger partial charge in [-0.15, -0.1) is 0 Å². The lowest BCUT2D eigenvalue weighted by Crippen LogP contribution is -2.28.